The number of aromatic nitrogens is 2. The van der Waals surface area contributed by atoms with Crippen molar-refractivity contribution in [3.05, 3.63) is 53.1 Å². The van der Waals surface area contributed by atoms with Crippen LogP contribution in [0, 0.1) is 5.82 Å². The molecule has 0 aliphatic rings. The first kappa shape index (κ1) is 11.8. The second-order valence-corrected chi connectivity index (χ2v) is 4.08. The highest BCUT2D eigenvalue weighted by Gasteiger charge is 2.06. The van der Waals surface area contributed by atoms with E-state index < -0.39 is 0 Å². The van der Waals surface area contributed by atoms with E-state index in [-0.39, 0.29) is 11.9 Å². The summed E-state index contributed by atoms with van der Waals surface area (Å²) in [4.78, 5) is 8.07. The first-order valence-electron chi connectivity index (χ1n) is 5.14. The molecule has 0 bridgehead atoms. The van der Waals surface area contributed by atoms with E-state index in [0.717, 1.165) is 5.56 Å². The highest BCUT2D eigenvalue weighted by molar-refractivity contribution is 6.30. The minimum atomic E-state index is -0.247. The minimum absolute atomic E-state index is 0.00299. The van der Waals surface area contributed by atoms with Crippen molar-refractivity contribution in [1.29, 1.82) is 0 Å². The largest absolute Gasteiger partial charge is 0.348 e. The Hall–Kier alpha value is -1.68. The molecular weight excluding hydrogens is 241 g/mol. The number of hydrogen-bond donors (Lipinski definition) is 1. The van der Waals surface area contributed by atoms with Crippen molar-refractivity contribution in [3.63, 3.8) is 0 Å². The minimum Gasteiger partial charge on any atom is -0.348 e. The van der Waals surface area contributed by atoms with Gasteiger partial charge in [-0.15, -0.1) is 0 Å². The number of halogens is 2. The quantitative estimate of drug-likeness (QED) is 0.908. The standard InChI is InChI=1S/C12H11ClFN3/c1-8(9-2-4-11(14)5-3-9)17-12-15-6-10(13)7-16-12/h2-8H,1H3,(H,15,16,17). The zero-order valence-electron chi connectivity index (χ0n) is 9.19. The molecule has 1 aromatic heterocycles. The summed E-state index contributed by atoms with van der Waals surface area (Å²) in [5.41, 5.74) is 0.963. The number of hydrogen-bond acceptors (Lipinski definition) is 3. The molecule has 0 aliphatic heterocycles. The normalized spacial score (nSPS) is 12.2. The lowest BCUT2D eigenvalue weighted by Gasteiger charge is -2.13. The number of benzene rings is 1. The van der Waals surface area contributed by atoms with E-state index in [2.05, 4.69) is 15.3 Å². The average Bonchev–Trinajstić information content (AvgIpc) is 2.33. The van der Waals surface area contributed by atoms with Crippen LogP contribution in [-0.2, 0) is 0 Å². The van der Waals surface area contributed by atoms with E-state index in [1.807, 2.05) is 6.92 Å². The molecule has 0 saturated heterocycles. The fourth-order valence-electron chi connectivity index (χ4n) is 1.42. The van der Waals surface area contributed by atoms with Gasteiger partial charge in [-0.05, 0) is 24.6 Å². The van der Waals surface area contributed by atoms with Crippen molar-refractivity contribution in [3.8, 4) is 0 Å². The molecule has 2 rings (SSSR count). The van der Waals surface area contributed by atoms with Crippen molar-refractivity contribution >= 4 is 17.5 Å². The molecule has 1 heterocycles. The van der Waals surface area contributed by atoms with E-state index in [4.69, 9.17) is 11.6 Å². The Morgan fingerprint density at radius 2 is 1.76 bits per heavy atom. The highest BCUT2D eigenvalue weighted by Crippen LogP contribution is 2.17. The van der Waals surface area contributed by atoms with E-state index in [1.165, 1.54) is 24.5 Å². The van der Waals surface area contributed by atoms with Crippen molar-refractivity contribution in [2.45, 2.75) is 13.0 Å². The van der Waals surface area contributed by atoms with E-state index in [9.17, 15) is 4.39 Å². The molecule has 2 aromatic rings. The Kier molecular flexibility index (Phi) is 3.54. The third-order valence-corrected chi connectivity index (χ3v) is 2.53. The zero-order chi connectivity index (χ0) is 12.3. The molecular formula is C12H11ClFN3. The van der Waals surface area contributed by atoms with Gasteiger partial charge in [0.2, 0.25) is 5.95 Å². The van der Waals surface area contributed by atoms with Crippen LogP contribution in [0.4, 0.5) is 10.3 Å². The summed E-state index contributed by atoms with van der Waals surface area (Å²) in [5, 5.41) is 3.59. The summed E-state index contributed by atoms with van der Waals surface area (Å²) in [6.07, 6.45) is 3.04. The Morgan fingerprint density at radius 3 is 2.35 bits per heavy atom. The first-order valence-corrected chi connectivity index (χ1v) is 5.52. The van der Waals surface area contributed by atoms with Crippen LogP contribution in [0.25, 0.3) is 0 Å². The van der Waals surface area contributed by atoms with Gasteiger partial charge in [-0.25, -0.2) is 14.4 Å². The average molecular weight is 252 g/mol. The monoisotopic (exact) mass is 251 g/mol. The smallest absolute Gasteiger partial charge is 0.223 e. The van der Waals surface area contributed by atoms with Gasteiger partial charge in [-0.3, -0.25) is 0 Å². The van der Waals surface area contributed by atoms with Gasteiger partial charge in [0, 0.05) is 0 Å². The van der Waals surface area contributed by atoms with Crippen LogP contribution in [0.1, 0.15) is 18.5 Å². The predicted molar refractivity (Wildman–Crippen MR) is 65.5 cm³/mol. The lowest BCUT2D eigenvalue weighted by Crippen LogP contribution is -2.09. The molecule has 1 unspecified atom stereocenters. The van der Waals surface area contributed by atoms with Crippen molar-refractivity contribution in [2.24, 2.45) is 0 Å². The second-order valence-electron chi connectivity index (χ2n) is 3.64. The van der Waals surface area contributed by atoms with Crippen LogP contribution in [0.3, 0.4) is 0 Å². The van der Waals surface area contributed by atoms with E-state index in [1.54, 1.807) is 12.1 Å². The van der Waals surface area contributed by atoms with Crippen molar-refractivity contribution in [1.82, 2.24) is 9.97 Å². The predicted octanol–water partition coefficient (Wildman–Crippen LogP) is 3.44. The summed E-state index contributed by atoms with van der Waals surface area (Å²) in [6.45, 7) is 1.95. The van der Waals surface area contributed by atoms with Crippen LogP contribution in [0.15, 0.2) is 36.7 Å². The molecule has 0 fully saturated rings. The van der Waals surface area contributed by atoms with E-state index >= 15 is 0 Å². The van der Waals surface area contributed by atoms with Gasteiger partial charge < -0.3 is 5.32 Å². The maximum Gasteiger partial charge on any atom is 0.223 e. The Morgan fingerprint density at radius 1 is 1.18 bits per heavy atom. The van der Waals surface area contributed by atoms with Gasteiger partial charge in [-0.1, -0.05) is 23.7 Å². The van der Waals surface area contributed by atoms with Gasteiger partial charge in [0.25, 0.3) is 0 Å². The molecule has 3 nitrogen and oxygen atoms in total. The van der Waals surface area contributed by atoms with Gasteiger partial charge >= 0.3 is 0 Å². The molecule has 88 valence electrons. The molecule has 0 saturated carbocycles. The molecule has 0 spiro atoms. The fraction of sp³-hybridized carbons (Fsp3) is 0.167. The van der Waals surface area contributed by atoms with Gasteiger partial charge in [0.05, 0.1) is 23.5 Å². The second kappa shape index (κ2) is 5.10. The molecule has 1 N–H and O–H groups in total. The Bertz CT molecular complexity index is 484. The fourth-order valence-corrected chi connectivity index (χ4v) is 1.51. The maximum atomic E-state index is 12.8. The van der Waals surface area contributed by atoms with Gasteiger partial charge in [0.15, 0.2) is 0 Å². The van der Waals surface area contributed by atoms with Crippen LogP contribution >= 0.6 is 11.6 Å². The summed E-state index contributed by atoms with van der Waals surface area (Å²) >= 11 is 5.69. The Balaban J connectivity index is 2.08. The third kappa shape index (κ3) is 3.14. The summed E-state index contributed by atoms with van der Waals surface area (Å²) in [6, 6.07) is 6.30. The van der Waals surface area contributed by atoms with Crippen LogP contribution in [0.5, 0.6) is 0 Å². The van der Waals surface area contributed by atoms with Crippen LogP contribution in [-0.4, -0.2) is 9.97 Å². The van der Waals surface area contributed by atoms with Gasteiger partial charge in [0.1, 0.15) is 5.82 Å². The highest BCUT2D eigenvalue weighted by atomic mass is 35.5. The Labute approximate surface area is 104 Å². The molecule has 17 heavy (non-hydrogen) atoms. The first-order chi connectivity index (χ1) is 8.15. The van der Waals surface area contributed by atoms with Crippen LogP contribution in [0.2, 0.25) is 5.02 Å². The lowest BCUT2D eigenvalue weighted by molar-refractivity contribution is 0.626. The summed E-state index contributed by atoms with van der Waals surface area (Å²) in [7, 11) is 0. The molecule has 1 atom stereocenters. The third-order valence-electron chi connectivity index (χ3n) is 2.34. The van der Waals surface area contributed by atoms with E-state index in [0.29, 0.717) is 11.0 Å². The summed E-state index contributed by atoms with van der Waals surface area (Å²) < 4.78 is 12.8. The topological polar surface area (TPSA) is 37.8 Å². The lowest BCUT2D eigenvalue weighted by atomic mass is 10.1. The van der Waals surface area contributed by atoms with Crippen LogP contribution < -0.4 is 5.32 Å². The molecule has 0 amide bonds. The molecule has 5 heteroatoms. The molecule has 1 aromatic carbocycles. The zero-order valence-corrected chi connectivity index (χ0v) is 9.95. The molecule has 0 aliphatic carbocycles. The SMILES string of the molecule is CC(Nc1ncc(Cl)cn1)c1ccc(F)cc1. The number of rotatable bonds is 3. The summed E-state index contributed by atoms with van der Waals surface area (Å²) in [5.74, 6) is 0.245. The molecule has 0 radical (unpaired) electrons. The number of nitrogens with zero attached hydrogens (tertiary/aromatic N) is 2. The van der Waals surface area contributed by atoms with Gasteiger partial charge in [-0.2, -0.15) is 0 Å². The van der Waals surface area contributed by atoms with Crippen molar-refractivity contribution in [2.75, 3.05) is 5.32 Å². The number of anilines is 1. The number of nitrogens with one attached hydrogen (secondary N) is 1. The maximum absolute atomic E-state index is 12.8. The van der Waals surface area contributed by atoms with Crippen molar-refractivity contribution < 1.29 is 4.39 Å².